The number of nitrogens with two attached hydrogens (primary N) is 1. The van der Waals surface area contributed by atoms with Gasteiger partial charge in [-0.3, -0.25) is 0 Å². The fourth-order valence-corrected chi connectivity index (χ4v) is 1.73. The van der Waals surface area contributed by atoms with Crippen molar-refractivity contribution in [2.75, 3.05) is 7.11 Å². The summed E-state index contributed by atoms with van der Waals surface area (Å²) >= 11 is 3.36. The first-order valence-electron chi connectivity index (χ1n) is 4.33. The molecule has 0 aliphatic carbocycles. The summed E-state index contributed by atoms with van der Waals surface area (Å²) < 4.78 is 5.93. The standard InChI is InChI=1S/C10H14BrNO2/c1-6(13)10(12)7-3-4-9(14-2)8(11)5-7/h3-6,10,13H,12H2,1-2H3/t6-,10+/m1/s1. The minimum atomic E-state index is -0.560. The van der Waals surface area contributed by atoms with Gasteiger partial charge in [-0.2, -0.15) is 0 Å². The monoisotopic (exact) mass is 259 g/mol. The third kappa shape index (κ3) is 2.47. The van der Waals surface area contributed by atoms with Gasteiger partial charge in [-0.05, 0) is 40.5 Å². The summed E-state index contributed by atoms with van der Waals surface area (Å²) in [6, 6.07) is 5.16. The van der Waals surface area contributed by atoms with Gasteiger partial charge < -0.3 is 15.6 Å². The number of hydrogen-bond acceptors (Lipinski definition) is 3. The van der Waals surface area contributed by atoms with Crippen LogP contribution >= 0.6 is 15.9 Å². The van der Waals surface area contributed by atoms with Crippen molar-refractivity contribution in [1.29, 1.82) is 0 Å². The topological polar surface area (TPSA) is 55.5 Å². The van der Waals surface area contributed by atoms with Crippen LogP contribution in [-0.4, -0.2) is 18.3 Å². The van der Waals surface area contributed by atoms with E-state index in [1.54, 1.807) is 14.0 Å². The third-order valence-corrected chi connectivity index (χ3v) is 2.70. The van der Waals surface area contributed by atoms with Crippen molar-refractivity contribution in [2.45, 2.75) is 19.1 Å². The van der Waals surface area contributed by atoms with Gasteiger partial charge in [-0.15, -0.1) is 0 Å². The highest BCUT2D eigenvalue weighted by molar-refractivity contribution is 9.10. The van der Waals surface area contributed by atoms with E-state index in [4.69, 9.17) is 10.5 Å². The third-order valence-electron chi connectivity index (χ3n) is 2.08. The van der Waals surface area contributed by atoms with Crippen molar-refractivity contribution in [1.82, 2.24) is 0 Å². The number of halogens is 1. The van der Waals surface area contributed by atoms with Crippen LogP contribution in [0, 0.1) is 0 Å². The zero-order valence-electron chi connectivity index (χ0n) is 8.20. The van der Waals surface area contributed by atoms with Gasteiger partial charge in [0.2, 0.25) is 0 Å². The number of aliphatic hydroxyl groups is 1. The molecule has 0 fully saturated rings. The second-order valence-corrected chi connectivity index (χ2v) is 4.01. The molecule has 0 saturated heterocycles. The largest absolute Gasteiger partial charge is 0.496 e. The van der Waals surface area contributed by atoms with Gasteiger partial charge in [0.15, 0.2) is 0 Å². The van der Waals surface area contributed by atoms with Gasteiger partial charge in [0.05, 0.1) is 23.7 Å². The van der Waals surface area contributed by atoms with E-state index in [9.17, 15) is 5.11 Å². The van der Waals surface area contributed by atoms with Gasteiger partial charge in [-0.1, -0.05) is 6.07 Å². The summed E-state index contributed by atoms with van der Waals surface area (Å²) in [6.07, 6.45) is -0.560. The summed E-state index contributed by atoms with van der Waals surface area (Å²) in [5.74, 6) is 0.756. The van der Waals surface area contributed by atoms with Crippen LogP contribution in [0.5, 0.6) is 5.75 Å². The molecule has 0 aliphatic rings. The first-order chi connectivity index (χ1) is 6.56. The van der Waals surface area contributed by atoms with Crippen LogP contribution in [0.1, 0.15) is 18.5 Å². The van der Waals surface area contributed by atoms with Crippen molar-refractivity contribution in [3.8, 4) is 5.75 Å². The normalized spacial score (nSPS) is 14.9. The molecule has 0 aromatic heterocycles. The number of hydrogen-bond donors (Lipinski definition) is 2. The van der Waals surface area contributed by atoms with E-state index in [2.05, 4.69) is 15.9 Å². The van der Waals surface area contributed by atoms with E-state index in [1.165, 1.54) is 0 Å². The predicted molar refractivity (Wildman–Crippen MR) is 59.3 cm³/mol. The Bertz CT molecular complexity index is 315. The average Bonchev–Trinajstić information content (AvgIpc) is 2.16. The van der Waals surface area contributed by atoms with Gasteiger partial charge in [0.1, 0.15) is 5.75 Å². The van der Waals surface area contributed by atoms with E-state index in [-0.39, 0.29) is 6.04 Å². The summed E-state index contributed by atoms with van der Waals surface area (Å²) in [5.41, 5.74) is 6.67. The van der Waals surface area contributed by atoms with Crippen LogP contribution in [0.15, 0.2) is 22.7 Å². The first-order valence-corrected chi connectivity index (χ1v) is 5.12. The van der Waals surface area contributed by atoms with Gasteiger partial charge >= 0.3 is 0 Å². The Labute approximate surface area is 92.0 Å². The lowest BCUT2D eigenvalue weighted by molar-refractivity contribution is 0.164. The predicted octanol–water partition coefficient (Wildman–Crippen LogP) is 1.84. The molecule has 1 aromatic rings. The highest BCUT2D eigenvalue weighted by Crippen LogP contribution is 2.28. The number of rotatable bonds is 3. The summed E-state index contributed by atoms with van der Waals surface area (Å²) in [6.45, 7) is 1.67. The number of methoxy groups -OCH3 is 1. The molecule has 78 valence electrons. The SMILES string of the molecule is COc1ccc([C@@H](N)[C@@H](C)O)cc1Br. The number of benzene rings is 1. The van der Waals surface area contributed by atoms with Crippen LogP contribution < -0.4 is 10.5 Å². The average molecular weight is 260 g/mol. The maximum Gasteiger partial charge on any atom is 0.133 e. The summed E-state index contributed by atoms with van der Waals surface area (Å²) in [5, 5.41) is 9.32. The van der Waals surface area contributed by atoms with E-state index in [1.807, 2.05) is 18.2 Å². The molecular weight excluding hydrogens is 246 g/mol. The van der Waals surface area contributed by atoms with Crippen molar-refractivity contribution in [3.63, 3.8) is 0 Å². The Morgan fingerprint density at radius 3 is 2.57 bits per heavy atom. The van der Waals surface area contributed by atoms with Crippen LogP contribution in [0.4, 0.5) is 0 Å². The molecule has 0 heterocycles. The lowest BCUT2D eigenvalue weighted by Crippen LogP contribution is -2.23. The minimum absolute atomic E-state index is 0.364. The Morgan fingerprint density at radius 2 is 2.14 bits per heavy atom. The number of ether oxygens (including phenoxy) is 1. The fraction of sp³-hybridized carbons (Fsp3) is 0.400. The molecule has 0 radical (unpaired) electrons. The highest BCUT2D eigenvalue weighted by Gasteiger charge is 2.13. The molecule has 0 aliphatic heterocycles. The Morgan fingerprint density at radius 1 is 1.50 bits per heavy atom. The maximum atomic E-state index is 9.32. The Hall–Kier alpha value is -0.580. The van der Waals surface area contributed by atoms with Crippen molar-refractivity contribution in [3.05, 3.63) is 28.2 Å². The summed E-state index contributed by atoms with van der Waals surface area (Å²) in [4.78, 5) is 0. The lowest BCUT2D eigenvalue weighted by Gasteiger charge is -2.16. The molecule has 3 N–H and O–H groups in total. The summed E-state index contributed by atoms with van der Waals surface area (Å²) in [7, 11) is 1.61. The fourth-order valence-electron chi connectivity index (χ4n) is 1.17. The van der Waals surface area contributed by atoms with Crippen LogP contribution in [-0.2, 0) is 0 Å². The van der Waals surface area contributed by atoms with Gasteiger partial charge in [-0.25, -0.2) is 0 Å². The Kier molecular flexibility index (Phi) is 3.92. The van der Waals surface area contributed by atoms with E-state index in [0.29, 0.717) is 0 Å². The van der Waals surface area contributed by atoms with E-state index >= 15 is 0 Å². The first kappa shape index (κ1) is 11.5. The highest BCUT2D eigenvalue weighted by atomic mass is 79.9. The maximum absolute atomic E-state index is 9.32. The molecule has 0 bridgehead atoms. The lowest BCUT2D eigenvalue weighted by atomic mass is 10.0. The Balaban J connectivity index is 2.96. The zero-order chi connectivity index (χ0) is 10.7. The molecule has 1 aromatic carbocycles. The molecule has 14 heavy (non-hydrogen) atoms. The second-order valence-electron chi connectivity index (χ2n) is 3.16. The van der Waals surface area contributed by atoms with Gasteiger partial charge in [0.25, 0.3) is 0 Å². The molecule has 4 heteroatoms. The molecule has 0 saturated carbocycles. The molecule has 0 amide bonds. The molecule has 0 spiro atoms. The van der Waals surface area contributed by atoms with Crippen molar-refractivity contribution < 1.29 is 9.84 Å². The molecule has 1 rings (SSSR count). The van der Waals surface area contributed by atoms with Crippen LogP contribution in [0.25, 0.3) is 0 Å². The van der Waals surface area contributed by atoms with Gasteiger partial charge in [0, 0.05) is 0 Å². The smallest absolute Gasteiger partial charge is 0.133 e. The van der Waals surface area contributed by atoms with E-state index < -0.39 is 6.10 Å². The van der Waals surface area contributed by atoms with Crippen molar-refractivity contribution in [2.24, 2.45) is 5.73 Å². The van der Waals surface area contributed by atoms with E-state index in [0.717, 1.165) is 15.8 Å². The van der Waals surface area contributed by atoms with Crippen LogP contribution in [0.2, 0.25) is 0 Å². The quantitative estimate of drug-likeness (QED) is 0.871. The van der Waals surface area contributed by atoms with Crippen molar-refractivity contribution >= 4 is 15.9 Å². The molecule has 3 nitrogen and oxygen atoms in total. The minimum Gasteiger partial charge on any atom is -0.496 e. The molecule has 0 unspecified atom stereocenters. The second kappa shape index (κ2) is 4.77. The van der Waals surface area contributed by atoms with Crippen LogP contribution in [0.3, 0.4) is 0 Å². The molecular formula is C10H14BrNO2. The molecule has 2 atom stereocenters. The zero-order valence-corrected chi connectivity index (χ0v) is 9.78. The number of aliphatic hydroxyl groups excluding tert-OH is 1.